The second kappa shape index (κ2) is 5.84. The van der Waals surface area contributed by atoms with Gasteiger partial charge in [0.2, 0.25) is 5.71 Å². The first-order valence-corrected chi connectivity index (χ1v) is 7.49. The van der Waals surface area contributed by atoms with E-state index in [1.807, 2.05) is 17.7 Å². The first-order valence-electron chi connectivity index (χ1n) is 7.49. The van der Waals surface area contributed by atoms with Crippen molar-refractivity contribution in [2.24, 2.45) is 0 Å². The van der Waals surface area contributed by atoms with Crippen molar-refractivity contribution in [1.82, 2.24) is 0 Å². The number of hydrogen-bond donors (Lipinski definition) is 0. The van der Waals surface area contributed by atoms with Gasteiger partial charge < -0.3 is 0 Å². The van der Waals surface area contributed by atoms with Crippen LogP contribution in [0.4, 0.5) is 11.4 Å². The molecule has 1 heterocycles. The summed E-state index contributed by atoms with van der Waals surface area (Å²) in [5.74, 6) is 0. The number of likely N-dealkylation sites (N-methyl/N-ethyl adjacent to an activating group) is 1. The molecule has 0 fully saturated rings. The number of nitrogens with zero attached hydrogens (tertiary/aromatic N) is 3. The van der Waals surface area contributed by atoms with Gasteiger partial charge in [-0.15, -0.1) is 0 Å². The highest BCUT2D eigenvalue weighted by atomic mass is 16.6. The monoisotopic (exact) mass is 326 g/mol. The molecule has 0 spiro atoms. The Bertz CT molecular complexity index is 903. The Labute approximate surface area is 138 Å². The molecule has 3 rings (SSSR count). The maximum absolute atomic E-state index is 11.2. The molecule has 122 valence electrons. The minimum Gasteiger partial charge on any atom is -0.258 e. The van der Waals surface area contributed by atoms with Gasteiger partial charge >= 0.3 is 0 Å². The van der Waals surface area contributed by atoms with Gasteiger partial charge in [-0.1, -0.05) is 12.1 Å². The molecule has 1 aliphatic rings. The summed E-state index contributed by atoms with van der Waals surface area (Å²) in [7, 11) is 1.89. The molecular weight excluding hydrogens is 310 g/mol. The highest BCUT2D eigenvalue weighted by Crippen LogP contribution is 2.27. The summed E-state index contributed by atoms with van der Waals surface area (Å²) in [6, 6.07) is 9.88. The SMILES string of the molecule is Cc1ccc(C2=[N+](C)CCc3ccc([N+](=O)[O-])cc32)cc1[N+](=O)[O-]. The molecule has 1 aliphatic heterocycles. The van der Waals surface area contributed by atoms with Crippen LogP contribution in [0.25, 0.3) is 0 Å². The van der Waals surface area contributed by atoms with Gasteiger partial charge in [-0.3, -0.25) is 20.2 Å². The number of rotatable bonds is 3. The Morgan fingerprint density at radius 3 is 2.46 bits per heavy atom. The smallest absolute Gasteiger partial charge is 0.258 e. The van der Waals surface area contributed by atoms with Crippen LogP contribution in [-0.4, -0.2) is 33.7 Å². The fourth-order valence-electron chi connectivity index (χ4n) is 3.05. The van der Waals surface area contributed by atoms with E-state index in [1.165, 1.54) is 12.1 Å². The molecule has 0 aliphatic carbocycles. The van der Waals surface area contributed by atoms with Crippen LogP contribution in [0.1, 0.15) is 22.3 Å². The van der Waals surface area contributed by atoms with Gasteiger partial charge in [0, 0.05) is 30.2 Å². The largest absolute Gasteiger partial charge is 0.273 e. The van der Waals surface area contributed by atoms with Crippen LogP contribution < -0.4 is 0 Å². The van der Waals surface area contributed by atoms with Crippen molar-refractivity contribution < 1.29 is 14.4 Å². The molecule has 0 unspecified atom stereocenters. The summed E-state index contributed by atoms with van der Waals surface area (Å²) in [6.45, 7) is 2.44. The molecule has 0 amide bonds. The topological polar surface area (TPSA) is 89.3 Å². The molecule has 24 heavy (non-hydrogen) atoms. The summed E-state index contributed by atoms with van der Waals surface area (Å²) in [5, 5.41) is 22.3. The molecule has 0 atom stereocenters. The normalized spacial score (nSPS) is 13.6. The van der Waals surface area contributed by atoms with Gasteiger partial charge in [-0.2, -0.15) is 0 Å². The van der Waals surface area contributed by atoms with Crippen molar-refractivity contribution in [3.8, 4) is 0 Å². The number of benzene rings is 2. The van der Waals surface area contributed by atoms with Crippen LogP contribution in [0.3, 0.4) is 0 Å². The van der Waals surface area contributed by atoms with E-state index >= 15 is 0 Å². The Morgan fingerprint density at radius 1 is 1.04 bits per heavy atom. The average Bonchev–Trinajstić information content (AvgIpc) is 2.54. The fourth-order valence-corrected chi connectivity index (χ4v) is 3.05. The molecule has 2 aromatic carbocycles. The minimum atomic E-state index is -0.426. The Hall–Kier alpha value is -3.09. The lowest BCUT2D eigenvalue weighted by molar-refractivity contribution is -0.497. The van der Waals surface area contributed by atoms with Gasteiger partial charge in [-0.25, -0.2) is 4.58 Å². The van der Waals surface area contributed by atoms with Gasteiger partial charge in [-0.05, 0) is 18.6 Å². The zero-order chi connectivity index (χ0) is 17.4. The predicted octanol–water partition coefficient (Wildman–Crippen LogP) is 2.85. The van der Waals surface area contributed by atoms with E-state index in [0.717, 1.165) is 29.8 Å². The standard InChI is InChI=1S/C17H16N3O4/c1-11-3-4-13(9-16(11)20(23)24)17-15-10-14(19(21)22)6-5-12(15)7-8-18(17)2/h3-6,9-10H,7-8H2,1-2H3/q+1. The van der Waals surface area contributed by atoms with Gasteiger partial charge in [0.1, 0.15) is 13.6 Å². The summed E-state index contributed by atoms with van der Waals surface area (Å²) >= 11 is 0. The molecule has 0 N–H and O–H groups in total. The molecule has 0 radical (unpaired) electrons. The molecule has 0 bridgehead atoms. The lowest BCUT2D eigenvalue weighted by Gasteiger charge is -2.16. The van der Waals surface area contributed by atoms with Crippen molar-refractivity contribution in [2.75, 3.05) is 13.6 Å². The van der Waals surface area contributed by atoms with Crippen LogP contribution in [0.2, 0.25) is 0 Å². The Kier molecular flexibility index (Phi) is 3.84. The van der Waals surface area contributed by atoms with Crippen LogP contribution in [-0.2, 0) is 6.42 Å². The second-order valence-electron chi connectivity index (χ2n) is 5.88. The maximum atomic E-state index is 11.2. The van der Waals surface area contributed by atoms with Crippen molar-refractivity contribution in [2.45, 2.75) is 13.3 Å². The van der Waals surface area contributed by atoms with E-state index in [4.69, 9.17) is 0 Å². The molecule has 0 aromatic heterocycles. The van der Waals surface area contributed by atoms with Crippen LogP contribution in [0, 0.1) is 27.2 Å². The maximum Gasteiger partial charge on any atom is 0.273 e. The highest BCUT2D eigenvalue weighted by molar-refractivity contribution is 6.11. The highest BCUT2D eigenvalue weighted by Gasteiger charge is 2.28. The average molecular weight is 326 g/mol. The zero-order valence-electron chi connectivity index (χ0n) is 13.4. The predicted molar refractivity (Wildman–Crippen MR) is 88.9 cm³/mol. The fraction of sp³-hybridized carbons (Fsp3) is 0.235. The molecular formula is C17H16N3O4+. The Balaban J connectivity index is 2.21. The van der Waals surface area contributed by atoms with Gasteiger partial charge in [0.15, 0.2) is 0 Å². The van der Waals surface area contributed by atoms with Crippen LogP contribution in [0.5, 0.6) is 0 Å². The first-order chi connectivity index (χ1) is 11.4. The molecule has 2 aromatic rings. The zero-order valence-corrected chi connectivity index (χ0v) is 13.4. The molecule has 0 saturated heterocycles. The third kappa shape index (κ3) is 2.64. The first kappa shape index (κ1) is 15.8. The van der Waals surface area contributed by atoms with Gasteiger partial charge in [0.05, 0.1) is 21.0 Å². The van der Waals surface area contributed by atoms with E-state index in [1.54, 1.807) is 25.1 Å². The van der Waals surface area contributed by atoms with Crippen LogP contribution >= 0.6 is 0 Å². The van der Waals surface area contributed by atoms with E-state index in [0.29, 0.717) is 11.1 Å². The van der Waals surface area contributed by atoms with Crippen LogP contribution in [0.15, 0.2) is 36.4 Å². The molecule has 7 heteroatoms. The summed E-state index contributed by atoms with van der Waals surface area (Å²) < 4.78 is 1.99. The Morgan fingerprint density at radius 2 is 1.79 bits per heavy atom. The van der Waals surface area contributed by atoms with Crippen molar-refractivity contribution in [3.05, 3.63) is 78.9 Å². The van der Waals surface area contributed by atoms with Crippen molar-refractivity contribution in [1.29, 1.82) is 0 Å². The number of aryl methyl sites for hydroxylation is 1. The third-order valence-corrected chi connectivity index (χ3v) is 4.34. The third-order valence-electron chi connectivity index (χ3n) is 4.34. The van der Waals surface area contributed by atoms with E-state index in [2.05, 4.69) is 0 Å². The quantitative estimate of drug-likeness (QED) is 0.493. The number of hydrogen-bond acceptors (Lipinski definition) is 4. The summed E-state index contributed by atoms with van der Waals surface area (Å²) in [4.78, 5) is 21.5. The molecule has 0 saturated carbocycles. The van der Waals surface area contributed by atoms with Crippen molar-refractivity contribution >= 4 is 17.1 Å². The molecule has 7 nitrogen and oxygen atoms in total. The van der Waals surface area contributed by atoms with E-state index in [9.17, 15) is 20.2 Å². The minimum absolute atomic E-state index is 0.0168. The lowest BCUT2D eigenvalue weighted by atomic mass is 9.91. The van der Waals surface area contributed by atoms with E-state index < -0.39 is 9.85 Å². The summed E-state index contributed by atoms with van der Waals surface area (Å²) in [6.07, 6.45) is 0.779. The number of nitro groups is 2. The second-order valence-corrected chi connectivity index (χ2v) is 5.88. The number of nitro benzene ring substituents is 2. The van der Waals surface area contributed by atoms with E-state index in [-0.39, 0.29) is 11.4 Å². The van der Waals surface area contributed by atoms with Crippen molar-refractivity contribution in [3.63, 3.8) is 0 Å². The number of fused-ring (bicyclic) bond motifs is 1. The van der Waals surface area contributed by atoms with Gasteiger partial charge in [0.25, 0.3) is 11.4 Å². The number of non-ortho nitro benzene ring substituents is 1. The summed E-state index contributed by atoms with van der Waals surface area (Å²) in [5.41, 5.74) is 3.89. The lowest BCUT2D eigenvalue weighted by Crippen LogP contribution is -2.28.